The highest BCUT2D eigenvalue weighted by Crippen LogP contribution is 2.26. The van der Waals surface area contributed by atoms with E-state index in [0.29, 0.717) is 10.6 Å². The Labute approximate surface area is 119 Å². The number of hydrogen-bond donors (Lipinski definition) is 2. The van der Waals surface area contributed by atoms with Crippen molar-refractivity contribution in [2.45, 2.75) is 31.2 Å². The molecule has 0 aliphatic carbocycles. The number of benzene rings is 1. The Balaban J connectivity index is 3.18. The maximum Gasteiger partial charge on any atom is 0.241 e. The van der Waals surface area contributed by atoms with Crippen LogP contribution in [0.1, 0.15) is 19.4 Å². The number of halogens is 1. The first-order valence-electron chi connectivity index (χ1n) is 5.67. The molecule has 19 heavy (non-hydrogen) atoms. The molecule has 0 bridgehead atoms. The lowest BCUT2D eigenvalue weighted by molar-refractivity contribution is 0.141. The van der Waals surface area contributed by atoms with Crippen LogP contribution in [-0.2, 0) is 14.8 Å². The normalized spacial score (nSPS) is 12.7. The standard InChI is InChI=1S/C12H19ClN2O3S/c1-8-5-9(13)10(14)6-11(8)19(16,17)15-12(2,3)7-18-4/h5-6,15H,7,14H2,1-4H3. The Bertz CT molecular complexity index is 571. The number of rotatable bonds is 5. The largest absolute Gasteiger partial charge is 0.397 e. The molecule has 0 spiro atoms. The molecule has 0 unspecified atom stereocenters. The number of nitrogen functional groups attached to an aromatic ring is 1. The van der Waals surface area contributed by atoms with E-state index in [1.54, 1.807) is 20.8 Å². The lowest BCUT2D eigenvalue weighted by Crippen LogP contribution is -2.46. The molecule has 0 aliphatic heterocycles. The molecule has 0 atom stereocenters. The van der Waals surface area contributed by atoms with E-state index in [1.807, 2.05) is 0 Å². The van der Waals surface area contributed by atoms with Crippen molar-refractivity contribution in [2.24, 2.45) is 0 Å². The molecule has 0 fully saturated rings. The van der Waals surface area contributed by atoms with E-state index in [-0.39, 0.29) is 17.2 Å². The van der Waals surface area contributed by atoms with Gasteiger partial charge in [0.15, 0.2) is 0 Å². The van der Waals surface area contributed by atoms with E-state index in [2.05, 4.69) is 4.72 Å². The summed E-state index contributed by atoms with van der Waals surface area (Å²) < 4.78 is 32.3. The number of nitrogens with one attached hydrogen (secondary N) is 1. The molecule has 0 radical (unpaired) electrons. The molecular formula is C12H19ClN2O3S. The Morgan fingerprint density at radius 3 is 2.53 bits per heavy atom. The maximum atomic E-state index is 12.3. The van der Waals surface area contributed by atoms with Crippen molar-refractivity contribution in [3.05, 3.63) is 22.7 Å². The first-order valence-corrected chi connectivity index (χ1v) is 7.54. The summed E-state index contributed by atoms with van der Waals surface area (Å²) in [5.74, 6) is 0. The molecule has 3 N–H and O–H groups in total. The van der Waals surface area contributed by atoms with Crippen LogP contribution in [0.2, 0.25) is 5.02 Å². The molecule has 1 rings (SSSR count). The molecule has 0 saturated heterocycles. The van der Waals surface area contributed by atoms with Crippen molar-refractivity contribution < 1.29 is 13.2 Å². The summed E-state index contributed by atoms with van der Waals surface area (Å²) in [6.45, 7) is 5.41. The highest BCUT2D eigenvalue weighted by Gasteiger charge is 2.27. The minimum atomic E-state index is -3.68. The zero-order valence-electron chi connectivity index (χ0n) is 11.5. The van der Waals surface area contributed by atoms with Gasteiger partial charge in [0.05, 0.1) is 27.8 Å². The van der Waals surface area contributed by atoms with Gasteiger partial charge < -0.3 is 10.5 Å². The summed E-state index contributed by atoms with van der Waals surface area (Å²) >= 11 is 5.86. The van der Waals surface area contributed by atoms with E-state index in [0.717, 1.165) is 0 Å². The van der Waals surface area contributed by atoms with Gasteiger partial charge in [0.2, 0.25) is 10.0 Å². The Morgan fingerprint density at radius 2 is 2.00 bits per heavy atom. The van der Waals surface area contributed by atoms with E-state index in [9.17, 15) is 8.42 Å². The Morgan fingerprint density at radius 1 is 1.42 bits per heavy atom. The number of sulfonamides is 1. The number of nitrogens with two attached hydrogens (primary N) is 1. The highest BCUT2D eigenvalue weighted by molar-refractivity contribution is 7.89. The molecule has 0 amide bonds. The smallest absolute Gasteiger partial charge is 0.241 e. The molecule has 0 heterocycles. The van der Waals surface area contributed by atoms with Crippen LogP contribution >= 0.6 is 11.6 Å². The third-order valence-electron chi connectivity index (χ3n) is 2.50. The molecule has 0 aliphatic rings. The summed E-state index contributed by atoms with van der Waals surface area (Å²) in [5.41, 5.74) is 5.72. The summed E-state index contributed by atoms with van der Waals surface area (Å²) in [6, 6.07) is 2.90. The van der Waals surface area contributed by atoms with Gasteiger partial charge in [-0.25, -0.2) is 13.1 Å². The first kappa shape index (κ1) is 16.2. The van der Waals surface area contributed by atoms with Crippen LogP contribution in [-0.4, -0.2) is 27.7 Å². The molecule has 1 aromatic carbocycles. The lowest BCUT2D eigenvalue weighted by Gasteiger charge is -2.25. The van der Waals surface area contributed by atoms with E-state index >= 15 is 0 Å². The minimum absolute atomic E-state index is 0.124. The van der Waals surface area contributed by atoms with Crippen LogP contribution in [0.3, 0.4) is 0 Å². The summed E-state index contributed by atoms with van der Waals surface area (Å²) in [4.78, 5) is 0.124. The summed E-state index contributed by atoms with van der Waals surface area (Å²) in [7, 11) is -2.16. The fourth-order valence-electron chi connectivity index (χ4n) is 1.77. The van der Waals surface area contributed by atoms with Crippen molar-refractivity contribution in [3.8, 4) is 0 Å². The van der Waals surface area contributed by atoms with Crippen LogP contribution in [0.4, 0.5) is 5.69 Å². The fraction of sp³-hybridized carbons (Fsp3) is 0.500. The van der Waals surface area contributed by atoms with Crippen LogP contribution in [0.5, 0.6) is 0 Å². The average Bonchev–Trinajstić information content (AvgIpc) is 2.21. The predicted octanol–water partition coefficient (Wildman–Crippen LogP) is 1.93. The van der Waals surface area contributed by atoms with Crippen molar-refractivity contribution in [2.75, 3.05) is 19.5 Å². The quantitative estimate of drug-likeness (QED) is 0.815. The van der Waals surface area contributed by atoms with Crippen molar-refractivity contribution in [1.29, 1.82) is 0 Å². The zero-order valence-corrected chi connectivity index (χ0v) is 13.0. The monoisotopic (exact) mass is 306 g/mol. The van der Waals surface area contributed by atoms with Gasteiger partial charge in [0.1, 0.15) is 0 Å². The van der Waals surface area contributed by atoms with Crippen molar-refractivity contribution in [3.63, 3.8) is 0 Å². The molecule has 7 heteroatoms. The lowest BCUT2D eigenvalue weighted by atomic mass is 10.1. The molecule has 0 saturated carbocycles. The van der Waals surface area contributed by atoms with E-state index in [4.69, 9.17) is 22.1 Å². The summed E-state index contributed by atoms with van der Waals surface area (Å²) in [5, 5.41) is 0.340. The Kier molecular flexibility index (Phi) is 4.84. The number of methoxy groups -OCH3 is 1. The fourth-order valence-corrected chi connectivity index (χ4v) is 3.65. The predicted molar refractivity (Wildman–Crippen MR) is 76.9 cm³/mol. The van der Waals surface area contributed by atoms with Gasteiger partial charge in [-0.1, -0.05) is 11.6 Å². The third-order valence-corrected chi connectivity index (χ3v) is 4.67. The SMILES string of the molecule is COCC(C)(C)NS(=O)(=O)c1cc(N)c(Cl)cc1C. The highest BCUT2D eigenvalue weighted by atomic mass is 35.5. The molecule has 1 aromatic rings. The van der Waals surface area contributed by atoms with Gasteiger partial charge in [-0.15, -0.1) is 0 Å². The van der Waals surface area contributed by atoms with E-state index < -0.39 is 15.6 Å². The van der Waals surface area contributed by atoms with Gasteiger partial charge >= 0.3 is 0 Å². The van der Waals surface area contributed by atoms with Gasteiger partial charge in [-0.05, 0) is 38.5 Å². The number of anilines is 1. The average molecular weight is 307 g/mol. The van der Waals surface area contributed by atoms with Gasteiger partial charge in [-0.2, -0.15) is 0 Å². The second kappa shape index (κ2) is 5.66. The maximum absolute atomic E-state index is 12.3. The van der Waals surface area contributed by atoms with Crippen LogP contribution < -0.4 is 10.5 Å². The van der Waals surface area contributed by atoms with Gasteiger partial charge in [0.25, 0.3) is 0 Å². The second-order valence-electron chi connectivity index (χ2n) is 5.06. The number of ether oxygens (including phenoxy) is 1. The summed E-state index contributed by atoms with van der Waals surface area (Å²) in [6.07, 6.45) is 0. The topological polar surface area (TPSA) is 81.4 Å². The van der Waals surface area contributed by atoms with Crippen molar-refractivity contribution >= 4 is 27.3 Å². The van der Waals surface area contributed by atoms with E-state index in [1.165, 1.54) is 19.2 Å². The minimum Gasteiger partial charge on any atom is -0.397 e. The van der Waals surface area contributed by atoms with Crippen LogP contribution in [0, 0.1) is 6.92 Å². The van der Waals surface area contributed by atoms with Gasteiger partial charge in [-0.3, -0.25) is 0 Å². The second-order valence-corrected chi connectivity index (χ2v) is 7.12. The van der Waals surface area contributed by atoms with Gasteiger partial charge in [0, 0.05) is 7.11 Å². The molecular weight excluding hydrogens is 288 g/mol. The third kappa shape index (κ3) is 4.07. The molecule has 0 aromatic heterocycles. The zero-order chi connectivity index (χ0) is 14.8. The Hall–Kier alpha value is -0.820. The van der Waals surface area contributed by atoms with Crippen molar-refractivity contribution in [1.82, 2.24) is 4.72 Å². The first-order chi connectivity index (χ1) is 8.59. The van der Waals surface area contributed by atoms with Crippen LogP contribution in [0.15, 0.2) is 17.0 Å². The number of hydrogen-bond acceptors (Lipinski definition) is 4. The molecule has 5 nitrogen and oxygen atoms in total. The van der Waals surface area contributed by atoms with Crippen LogP contribution in [0.25, 0.3) is 0 Å². The number of aryl methyl sites for hydroxylation is 1. The molecule has 108 valence electrons.